The van der Waals surface area contributed by atoms with Gasteiger partial charge in [0.1, 0.15) is 15.8 Å². The van der Waals surface area contributed by atoms with Crippen LogP contribution in [-0.4, -0.2) is 100 Å². The van der Waals surface area contributed by atoms with Gasteiger partial charge in [0, 0.05) is 62.1 Å². The number of carbonyl (C=O) groups is 1. The Hall–Kier alpha value is -2.07. The maximum absolute atomic E-state index is 11.6. The molecule has 4 aromatic rings. The summed E-state index contributed by atoms with van der Waals surface area (Å²) in [6, 6.07) is 19.8. The molecule has 2 fully saturated rings. The van der Waals surface area contributed by atoms with Crippen molar-refractivity contribution in [2.24, 2.45) is 4.99 Å². The fourth-order valence-electron chi connectivity index (χ4n) is 5.38. The Bertz CT molecular complexity index is 1780. The number of anilines is 5. The number of aryl methyl sites for hydroxylation is 2. The minimum atomic E-state index is -3.11. The number of thiophene rings is 2. The van der Waals surface area contributed by atoms with Crippen molar-refractivity contribution >= 4 is 104 Å². The second kappa shape index (κ2) is 20.6. The first kappa shape index (κ1) is 42.7. The summed E-state index contributed by atoms with van der Waals surface area (Å²) < 4.78 is 4.75. The molecule has 3 aliphatic rings. The number of carbonyl (C=O) groups excluding carboxylic acids is 1. The number of hydrogen-bond donors (Lipinski definition) is 4. The summed E-state index contributed by atoms with van der Waals surface area (Å²) in [5.41, 5.74) is 11.2. The van der Waals surface area contributed by atoms with Crippen LogP contribution in [0.3, 0.4) is 0 Å². The number of esters is 1. The molecule has 3 aliphatic heterocycles. The van der Waals surface area contributed by atoms with E-state index in [4.69, 9.17) is 52.7 Å². The normalized spacial score (nSPS) is 15.7. The number of nitrogens with one attached hydrogen (secondary N) is 3. The SMILES string of the molecule is CN1CCNCC1.COC(=O)c1cc(C)sc1Nc1ccccc1N.Cc1cc2c(s1)Nc1ccccc1N=C2N1CCN(C)CC1.[Cl][Ti]([Cl])([Cl])[Cl]. The second-order valence-electron chi connectivity index (χ2n) is 12.3. The summed E-state index contributed by atoms with van der Waals surface area (Å²) in [6.07, 6.45) is 0. The van der Waals surface area contributed by atoms with Crippen LogP contribution in [0.25, 0.3) is 0 Å². The number of benzene rings is 2. The number of amidine groups is 1. The van der Waals surface area contributed by atoms with Crippen molar-refractivity contribution in [1.29, 1.82) is 0 Å². The Balaban J connectivity index is 0.000000180. The van der Waals surface area contributed by atoms with Crippen LogP contribution in [0.2, 0.25) is 0 Å². The number of nitrogens with zero attached hydrogens (tertiary/aromatic N) is 4. The van der Waals surface area contributed by atoms with Crippen LogP contribution in [-0.2, 0) is 17.1 Å². The van der Waals surface area contributed by atoms with Gasteiger partial charge in [-0.05, 0) is 64.3 Å². The number of hydrogen-bond acceptors (Lipinski definition) is 12. The Morgan fingerprint density at radius 3 is 2.10 bits per heavy atom. The number of piperazine rings is 2. The predicted octanol–water partition coefficient (Wildman–Crippen LogP) is 8.89. The van der Waals surface area contributed by atoms with Crippen LogP contribution in [0.1, 0.15) is 25.7 Å². The fourth-order valence-corrected chi connectivity index (χ4v) is 7.22. The molecule has 282 valence electrons. The molecule has 0 saturated carbocycles. The summed E-state index contributed by atoms with van der Waals surface area (Å²) in [4.78, 5) is 26.1. The number of ether oxygens (including phenoxy) is 1. The first-order valence-corrected chi connectivity index (χ1v) is 26.9. The monoisotopic (exact) mass is 862 g/mol. The van der Waals surface area contributed by atoms with Gasteiger partial charge in [-0.1, -0.05) is 24.3 Å². The second-order valence-corrected chi connectivity index (χ2v) is 30.2. The van der Waals surface area contributed by atoms with Crippen LogP contribution in [0, 0.1) is 13.8 Å². The Morgan fingerprint density at radius 1 is 0.885 bits per heavy atom. The molecule has 2 aromatic heterocycles. The number of likely N-dealkylation sites (N-methyl/N-ethyl adjacent to an activating group) is 2. The topological polar surface area (TPSA) is 110 Å². The molecule has 0 unspecified atom stereocenters. The molecule has 0 aliphatic carbocycles. The molecular weight excluding hydrogens is 818 g/mol. The van der Waals surface area contributed by atoms with Gasteiger partial charge in [-0.2, -0.15) is 0 Å². The number of aliphatic imine (C=N–C) groups is 1. The molecule has 7 rings (SSSR count). The van der Waals surface area contributed by atoms with Crippen molar-refractivity contribution in [3.05, 3.63) is 81.5 Å². The van der Waals surface area contributed by atoms with Crippen molar-refractivity contribution in [2.75, 3.05) is 89.9 Å². The molecule has 5 N–H and O–H groups in total. The number of nitrogen functional groups attached to an aromatic ring is 1. The first-order valence-electron chi connectivity index (χ1n) is 16.7. The summed E-state index contributed by atoms with van der Waals surface area (Å²) in [5.74, 6) is 0.765. The van der Waals surface area contributed by atoms with E-state index < -0.39 is 12.3 Å². The fraction of sp³-hybridized carbons (Fsp3) is 0.371. The van der Waals surface area contributed by atoms with Crippen molar-refractivity contribution in [2.45, 2.75) is 13.8 Å². The van der Waals surface area contributed by atoms with E-state index in [9.17, 15) is 4.79 Å². The summed E-state index contributed by atoms with van der Waals surface area (Å²) in [5, 5.41) is 12.0. The number of methoxy groups -OCH3 is 1. The maximum atomic E-state index is 11.6. The quantitative estimate of drug-likeness (QED) is 0.0913. The van der Waals surface area contributed by atoms with E-state index in [0.717, 1.165) is 72.0 Å². The number of nitrogens with two attached hydrogens (primary N) is 1. The number of halogens is 4. The number of para-hydroxylation sites is 4. The van der Waals surface area contributed by atoms with Gasteiger partial charge in [0.25, 0.3) is 0 Å². The zero-order valence-electron chi connectivity index (χ0n) is 29.9. The summed E-state index contributed by atoms with van der Waals surface area (Å²) in [6.45, 7) is 13.1. The van der Waals surface area contributed by atoms with E-state index in [0.29, 0.717) is 11.3 Å². The molecule has 2 saturated heterocycles. The average molecular weight is 865 g/mol. The van der Waals surface area contributed by atoms with Gasteiger partial charge < -0.3 is 41.1 Å². The van der Waals surface area contributed by atoms with E-state index in [1.54, 1.807) is 23.5 Å². The third-order valence-electron chi connectivity index (χ3n) is 8.09. The van der Waals surface area contributed by atoms with Gasteiger partial charge >= 0.3 is 55.5 Å². The molecule has 0 radical (unpaired) electrons. The Kier molecular flexibility index (Phi) is 16.9. The van der Waals surface area contributed by atoms with Gasteiger partial charge in [0.05, 0.1) is 41.0 Å². The molecule has 52 heavy (non-hydrogen) atoms. The van der Waals surface area contributed by atoms with Crippen LogP contribution < -0.4 is 21.7 Å². The van der Waals surface area contributed by atoms with Crippen molar-refractivity contribution < 1.29 is 21.9 Å². The first-order chi connectivity index (χ1) is 24.7. The average Bonchev–Trinajstić information content (AvgIpc) is 3.61. The van der Waals surface area contributed by atoms with Crippen LogP contribution in [0.15, 0.2) is 65.7 Å². The van der Waals surface area contributed by atoms with E-state index >= 15 is 0 Å². The third kappa shape index (κ3) is 13.7. The molecule has 0 atom stereocenters. The van der Waals surface area contributed by atoms with Crippen LogP contribution in [0.4, 0.5) is 32.8 Å². The number of fused-ring (bicyclic) bond motifs is 2. The molecule has 10 nitrogen and oxygen atoms in total. The van der Waals surface area contributed by atoms with Gasteiger partial charge in [-0.15, -0.1) is 22.7 Å². The zero-order chi connectivity index (χ0) is 37.8. The van der Waals surface area contributed by atoms with Crippen molar-refractivity contribution in [3.8, 4) is 0 Å². The summed E-state index contributed by atoms with van der Waals surface area (Å²) >= 11 is 0.189. The zero-order valence-corrected chi connectivity index (χ0v) is 36.2. The van der Waals surface area contributed by atoms with E-state index in [1.807, 2.05) is 25.1 Å². The molecule has 0 amide bonds. The number of rotatable bonds is 3. The molecule has 0 bridgehead atoms. The molecule has 17 heteroatoms. The van der Waals surface area contributed by atoms with E-state index in [2.05, 4.69) is 82.0 Å². The van der Waals surface area contributed by atoms with Gasteiger partial charge in [-0.25, -0.2) is 9.79 Å². The van der Waals surface area contributed by atoms with Crippen LogP contribution in [0.5, 0.6) is 0 Å². The summed E-state index contributed by atoms with van der Waals surface area (Å²) in [7, 11) is 25.8. The third-order valence-corrected chi connectivity index (χ3v) is 10.0. The van der Waals surface area contributed by atoms with E-state index in [1.165, 1.54) is 47.0 Å². The van der Waals surface area contributed by atoms with E-state index in [-0.39, 0.29) is 5.97 Å². The Morgan fingerprint density at radius 2 is 1.48 bits per heavy atom. The minimum absolute atomic E-state index is 0.351. The van der Waals surface area contributed by atoms with Gasteiger partial charge in [0.15, 0.2) is 0 Å². The molecule has 2 aromatic carbocycles. The molecule has 0 spiro atoms. The molecular formula is C35H46Cl4N8O2S2Ti. The Labute approximate surface area is 334 Å². The standard InChI is InChI=1S/C17H20N4S.C13H14N2O2S.C5H12N2.4ClH.Ti/c1-12-11-13-16(21-9-7-20(2)8-10-21)18-14-5-3-4-6-15(14)19-17(13)22-12;1-8-7-9(13(16)17-2)12(18-8)15-11-6-4-3-5-10(11)14;1-7-4-2-6-3-5-7;;;;;/h3-6,11,19H,7-10H2,1-2H3;3-7,15H,14H2,1-2H3;6H,2-5H2,1H3;4*1H;/q;;;;;;;+4/p-4. The molecule has 5 heterocycles. The van der Waals surface area contributed by atoms with Crippen LogP contribution >= 0.6 is 59.9 Å². The van der Waals surface area contributed by atoms with Crippen molar-refractivity contribution in [3.63, 3.8) is 0 Å². The van der Waals surface area contributed by atoms with Gasteiger partial charge in [-0.3, -0.25) is 0 Å². The van der Waals surface area contributed by atoms with Crippen molar-refractivity contribution in [1.82, 2.24) is 20.0 Å². The predicted molar refractivity (Wildman–Crippen MR) is 222 cm³/mol. The van der Waals surface area contributed by atoms with Gasteiger partial charge in [0.2, 0.25) is 0 Å².